The van der Waals surface area contributed by atoms with Crippen LogP contribution in [0.15, 0.2) is 73.1 Å². The van der Waals surface area contributed by atoms with Gasteiger partial charge in [-0.2, -0.15) is 10.4 Å². The third-order valence-electron chi connectivity index (χ3n) is 5.47. The number of carbonyl (C=O) groups excluding carboxylic acids is 2. The fraction of sp³-hybridized carbons (Fsp3) is 0.148. The molecule has 0 aliphatic heterocycles. The molecule has 0 saturated carbocycles. The first-order valence-corrected chi connectivity index (χ1v) is 11.7. The second-order valence-electron chi connectivity index (χ2n) is 8.04. The van der Waals surface area contributed by atoms with E-state index in [4.69, 9.17) is 11.6 Å². The number of carbonyl (C=O) groups is 2. The average molecular weight is 499 g/mol. The van der Waals surface area contributed by atoms with Crippen molar-refractivity contribution in [3.8, 4) is 11.8 Å². The van der Waals surface area contributed by atoms with Gasteiger partial charge in [0.05, 0.1) is 5.69 Å². The van der Waals surface area contributed by atoms with E-state index in [1.54, 1.807) is 60.9 Å². The number of benzene rings is 2. The van der Waals surface area contributed by atoms with Gasteiger partial charge in [0.15, 0.2) is 5.69 Å². The summed E-state index contributed by atoms with van der Waals surface area (Å²) >= 11 is 6.04. The van der Waals surface area contributed by atoms with Gasteiger partial charge in [-0.25, -0.2) is 4.68 Å². The van der Waals surface area contributed by atoms with E-state index >= 15 is 0 Å². The van der Waals surface area contributed by atoms with Crippen LogP contribution < -0.4 is 10.6 Å². The zero-order chi connectivity index (χ0) is 25.5. The Hall–Kier alpha value is -4.48. The molecule has 4 rings (SSSR count). The minimum absolute atomic E-state index is 0.0600. The van der Waals surface area contributed by atoms with Gasteiger partial charge in [-0.3, -0.25) is 14.6 Å². The third-order valence-corrected chi connectivity index (χ3v) is 5.72. The number of hydrogen-bond acceptors (Lipinski definition) is 6. The number of nitrogens with zero attached hydrogens (tertiary/aromatic N) is 4. The maximum Gasteiger partial charge on any atom is 0.251 e. The molecule has 4 aromatic rings. The van der Waals surface area contributed by atoms with Crippen LogP contribution in [0.5, 0.6) is 0 Å². The number of nitriles is 1. The molecule has 9 heteroatoms. The van der Waals surface area contributed by atoms with Crippen molar-refractivity contribution in [2.45, 2.75) is 13.3 Å². The lowest BCUT2D eigenvalue weighted by molar-refractivity contribution is 0.0952. The molecule has 0 aliphatic rings. The number of rotatable bonds is 9. The second kappa shape index (κ2) is 11.3. The molecule has 2 aromatic heterocycles. The number of anilines is 1. The predicted octanol–water partition coefficient (Wildman–Crippen LogP) is 4.56. The van der Waals surface area contributed by atoms with Crippen LogP contribution in [-0.2, 0) is 0 Å². The summed E-state index contributed by atoms with van der Waals surface area (Å²) in [4.78, 5) is 29.4. The van der Waals surface area contributed by atoms with Crippen LogP contribution >= 0.6 is 11.6 Å². The Kier molecular flexibility index (Phi) is 7.73. The number of aromatic nitrogens is 3. The van der Waals surface area contributed by atoms with Gasteiger partial charge in [0, 0.05) is 41.6 Å². The van der Waals surface area contributed by atoms with Crippen molar-refractivity contribution in [2.24, 2.45) is 0 Å². The zero-order valence-corrected chi connectivity index (χ0v) is 20.3. The summed E-state index contributed by atoms with van der Waals surface area (Å²) in [6.07, 6.45) is 3.70. The Balaban J connectivity index is 1.55. The van der Waals surface area contributed by atoms with Crippen LogP contribution in [-0.4, -0.2) is 39.5 Å². The lowest BCUT2D eigenvalue weighted by Gasteiger charge is -2.11. The number of amides is 1. The maximum atomic E-state index is 13.2. The molecule has 0 aliphatic carbocycles. The molecule has 0 saturated heterocycles. The summed E-state index contributed by atoms with van der Waals surface area (Å²) < 4.78 is 1.53. The number of halogens is 1. The predicted molar refractivity (Wildman–Crippen MR) is 138 cm³/mol. The summed E-state index contributed by atoms with van der Waals surface area (Å²) in [5.41, 5.74) is 2.86. The van der Waals surface area contributed by atoms with Crippen molar-refractivity contribution in [3.63, 3.8) is 0 Å². The molecule has 2 N–H and O–H groups in total. The van der Waals surface area contributed by atoms with E-state index in [1.807, 2.05) is 19.1 Å². The molecule has 0 fully saturated rings. The van der Waals surface area contributed by atoms with Gasteiger partial charge < -0.3 is 10.6 Å². The minimum atomic E-state index is -0.341. The van der Waals surface area contributed by atoms with Gasteiger partial charge in [-0.1, -0.05) is 41.4 Å². The normalized spacial score (nSPS) is 10.5. The quantitative estimate of drug-likeness (QED) is 0.258. The molecular formula is C27H23ClN6O2. The highest BCUT2D eigenvalue weighted by atomic mass is 35.5. The number of nitrogens with one attached hydrogen (secondary N) is 2. The monoisotopic (exact) mass is 498 g/mol. The van der Waals surface area contributed by atoms with Crippen molar-refractivity contribution in [1.29, 1.82) is 5.26 Å². The average Bonchev–Trinajstić information content (AvgIpc) is 3.27. The zero-order valence-electron chi connectivity index (χ0n) is 19.5. The van der Waals surface area contributed by atoms with E-state index in [2.05, 4.69) is 26.8 Å². The van der Waals surface area contributed by atoms with Gasteiger partial charge in [0.25, 0.3) is 5.91 Å². The molecule has 36 heavy (non-hydrogen) atoms. The fourth-order valence-electron chi connectivity index (χ4n) is 3.56. The first kappa shape index (κ1) is 24.6. The van der Waals surface area contributed by atoms with Crippen molar-refractivity contribution >= 4 is 29.1 Å². The largest absolute Gasteiger partial charge is 0.369 e. The van der Waals surface area contributed by atoms with Crippen molar-refractivity contribution in [1.82, 2.24) is 20.1 Å². The van der Waals surface area contributed by atoms with Gasteiger partial charge in [-0.05, 0) is 49.7 Å². The standard InChI is InChI=1S/C27H23ClN6O2/c1-18-3-5-19(6-4-18)25(35)24-23(17-29)26(34(33-24)22-9-7-21(28)8-10-22)31-13-2-14-32-27(36)20-11-15-30-16-12-20/h3-12,15-16,31H,2,13-14H2,1H3,(H,32,36). The van der Waals surface area contributed by atoms with E-state index in [0.29, 0.717) is 47.2 Å². The number of ketones is 1. The molecule has 8 nitrogen and oxygen atoms in total. The molecule has 0 bridgehead atoms. The van der Waals surface area contributed by atoms with Gasteiger partial charge in [0.1, 0.15) is 17.5 Å². The summed E-state index contributed by atoms with van der Waals surface area (Å²) in [5.74, 6) is -0.130. The Labute approximate surface area is 213 Å². The first-order chi connectivity index (χ1) is 17.5. The van der Waals surface area contributed by atoms with Crippen molar-refractivity contribution in [3.05, 3.63) is 106 Å². The topological polar surface area (TPSA) is 113 Å². The Morgan fingerprint density at radius 3 is 2.33 bits per heavy atom. The molecule has 0 spiro atoms. The van der Waals surface area contributed by atoms with E-state index in [0.717, 1.165) is 5.56 Å². The minimum Gasteiger partial charge on any atom is -0.369 e. The number of hydrogen-bond donors (Lipinski definition) is 2. The van der Waals surface area contributed by atoms with Crippen molar-refractivity contribution in [2.75, 3.05) is 18.4 Å². The fourth-order valence-corrected chi connectivity index (χ4v) is 3.69. The molecule has 0 atom stereocenters. The molecule has 2 aromatic carbocycles. The second-order valence-corrected chi connectivity index (χ2v) is 8.48. The van der Waals surface area contributed by atoms with Gasteiger partial charge in [-0.15, -0.1) is 0 Å². The van der Waals surface area contributed by atoms with Crippen LogP contribution in [0.2, 0.25) is 5.02 Å². The van der Waals surface area contributed by atoms with Gasteiger partial charge in [0.2, 0.25) is 5.78 Å². The number of aryl methyl sites for hydroxylation is 1. The van der Waals surface area contributed by atoms with E-state index in [1.165, 1.54) is 4.68 Å². The van der Waals surface area contributed by atoms with E-state index in [-0.39, 0.29) is 22.9 Å². The highest BCUT2D eigenvalue weighted by Crippen LogP contribution is 2.26. The van der Waals surface area contributed by atoms with Crippen LogP contribution in [0.3, 0.4) is 0 Å². The Morgan fingerprint density at radius 2 is 1.67 bits per heavy atom. The van der Waals surface area contributed by atoms with Crippen LogP contribution in [0.4, 0.5) is 5.82 Å². The highest BCUT2D eigenvalue weighted by molar-refractivity contribution is 6.30. The molecule has 0 radical (unpaired) electrons. The first-order valence-electron chi connectivity index (χ1n) is 11.3. The van der Waals surface area contributed by atoms with Crippen molar-refractivity contribution < 1.29 is 9.59 Å². The van der Waals surface area contributed by atoms with E-state index in [9.17, 15) is 14.9 Å². The smallest absolute Gasteiger partial charge is 0.251 e. The third kappa shape index (κ3) is 5.59. The van der Waals surface area contributed by atoms with Crippen LogP contribution in [0.25, 0.3) is 5.69 Å². The Bertz CT molecular complexity index is 1410. The van der Waals surface area contributed by atoms with Gasteiger partial charge >= 0.3 is 0 Å². The molecular weight excluding hydrogens is 476 g/mol. The Morgan fingerprint density at radius 1 is 0.972 bits per heavy atom. The lowest BCUT2D eigenvalue weighted by atomic mass is 10.0. The maximum absolute atomic E-state index is 13.2. The summed E-state index contributed by atoms with van der Waals surface area (Å²) in [6, 6.07) is 19.5. The molecule has 2 heterocycles. The van der Waals surface area contributed by atoms with Crippen LogP contribution in [0, 0.1) is 18.3 Å². The summed E-state index contributed by atoms with van der Waals surface area (Å²) in [6.45, 7) is 2.79. The summed E-state index contributed by atoms with van der Waals surface area (Å²) in [7, 11) is 0. The highest BCUT2D eigenvalue weighted by Gasteiger charge is 2.25. The molecule has 1 amide bonds. The molecule has 180 valence electrons. The van der Waals surface area contributed by atoms with E-state index < -0.39 is 0 Å². The SMILES string of the molecule is Cc1ccc(C(=O)c2nn(-c3ccc(Cl)cc3)c(NCCCNC(=O)c3ccncc3)c2C#N)cc1. The number of pyridine rings is 1. The lowest BCUT2D eigenvalue weighted by Crippen LogP contribution is -2.26. The summed E-state index contributed by atoms with van der Waals surface area (Å²) in [5, 5.41) is 21.1. The van der Waals surface area contributed by atoms with Crippen LogP contribution in [0.1, 0.15) is 44.0 Å². The molecule has 0 unspecified atom stereocenters.